The Kier molecular flexibility index (Phi) is 3.38. The number of aryl methyl sites for hydroxylation is 1. The molecule has 0 aliphatic heterocycles. The Balaban J connectivity index is 2.51. The minimum absolute atomic E-state index is 0.899. The molecule has 1 nitrogen and oxygen atoms in total. The standard InChI is InChI=1S/C13H16OSi2/c1-10-6-8-11(9-7-10)12-4-2-3-5-13(12)16(14)15/h2-9,14,16H,1,15H3. The van der Waals surface area contributed by atoms with Gasteiger partial charge >= 0.3 is 0 Å². The maximum absolute atomic E-state index is 9.92. The second-order valence-corrected chi connectivity index (χ2v) is 9.38. The summed E-state index contributed by atoms with van der Waals surface area (Å²) < 4.78 is 0. The van der Waals surface area contributed by atoms with E-state index in [1.54, 1.807) is 0 Å². The summed E-state index contributed by atoms with van der Waals surface area (Å²) in [6, 6.07) is 16.7. The minimum Gasteiger partial charge on any atom is -0.434 e. The van der Waals surface area contributed by atoms with Crippen molar-refractivity contribution in [1.29, 1.82) is 0 Å². The van der Waals surface area contributed by atoms with E-state index in [2.05, 4.69) is 43.3 Å². The highest BCUT2D eigenvalue weighted by Gasteiger charge is 2.09. The molecule has 2 aromatic carbocycles. The van der Waals surface area contributed by atoms with Gasteiger partial charge in [-0.15, -0.1) is 0 Å². The van der Waals surface area contributed by atoms with Crippen molar-refractivity contribution in [3.8, 4) is 11.1 Å². The molecule has 1 N–H and O–H groups in total. The summed E-state index contributed by atoms with van der Waals surface area (Å²) in [6.45, 7) is 2.09. The molecule has 0 amide bonds. The first-order valence-corrected chi connectivity index (χ1v) is 11.2. The molecule has 0 saturated carbocycles. The van der Waals surface area contributed by atoms with E-state index in [4.69, 9.17) is 0 Å². The van der Waals surface area contributed by atoms with Crippen molar-refractivity contribution in [3.05, 3.63) is 54.1 Å². The van der Waals surface area contributed by atoms with Crippen LogP contribution in [0.15, 0.2) is 48.5 Å². The topological polar surface area (TPSA) is 20.2 Å². The van der Waals surface area contributed by atoms with E-state index in [0.717, 1.165) is 9.76 Å². The van der Waals surface area contributed by atoms with Crippen LogP contribution in [-0.2, 0) is 0 Å². The molecule has 0 saturated heterocycles. The van der Waals surface area contributed by atoms with E-state index < -0.39 is 8.56 Å². The van der Waals surface area contributed by atoms with Gasteiger partial charge in [-0.05, 0) is 23.2 Å². The molecule has 0 aliphatic carbocycles. The summed E-state index contributed by atoms with van der Waals surface area (Å²) in [6.07, 6.45) is 0. The zero-order chi connectivity index (χ0) is 11.5. The van der Waals surface area contributed by atoms with Crippen LogP contribution in [0.25, 0.3) is 11.1 Å². The van der Waals surface area contributed by atoms with Crippen molar-refractivity contribution in [2.24, 2.45) is 0 Å². The molecule has 0 bridgehead atoms. The van der Waals surface area contributed by atoms with Crippen LogP contribution in [0, 0.1) is 6.92 Å². The Morgan fingerprint density at radius 1 is 1.00 bits per heavy atom. The van der Waals surface area contributed by atoms with Gasteiger partial charge in [0.05, 0.1) is 0 Å². The molecule has 16 heavy (non-hydrogen) atoms. The van der Waals surface area contributed by atoms with E-state index in [-0.39, 0.29) is 0 Å². The van der Waals surface area contributed by atoms with Crippen molar-refractivity contribution in [1.82, 2.24) is 0 Å². The van der Waals surface area contributed by atoms with E-state index in [1.165, 1.54) is 21.9 Å². The molecule has 2 aromatic rings. The van der Waals surface area contributed by atoms with Crippen LogP contribution in [0.3, 0.4) is 0 Å². The van der Waals surface area contributed by atoms with Gasteiger partial charge in [0.1, 0.15) is 0 Å². The van der Waals surface area contributed by atoms with Gasteiger partial charge < -0.3 is 4.80 Å². The van der Waals surface area contributed by atoms with Gasteiger partial charge in [-0.1, -0.05) is 54.1 Å². The lowest BCUT2D eigenvalue weighted by molar-refractivity contribution is 0.607. The lowest BCUT2D eigenvalue weighted by atomic mass is 10.0. The molecule has 0 fully saturated rings. The van der Waals surface area contributed by atoms with E-state index in [0.29, 0.717) is 0 Å². The molecule has 0 aliphatic rings. The summed E-state index contributed by atoms with van der Waals surface area (Å²) in [5.41, 5.74) is 3.69. The Labute approximate surface area is 101 Å². The highest BCUT2D eigenvalue weighted by atomic mass is 29.2. The maximum Gasteiger partial charge on any atom is 0.180 e. The van der Waals surface area contributed by atoms with Crippen LogP contribution in [-0.4, -0.2) is 23.1 Å². The molecule has 82 valence electrons. The summed E-state index contributed by atoms with van der Waals surface area (Å²) in [7, 11) is -0.712. The summed E-state index contributed by atoms with van der Waals surface area (Å²) in [5, 5.41) is 1.18. The normalized spacial score (nSPS) is 12.6. The van der Waals surface area contributed by atoms with Gasteiger partial charge in [0.2, 0.25) is 0 Å². The third-order valence-corrected chi connectivity index (χ3v) is 6.04. The highest BCUT2D eigenvalue weighted by molar-refractivity contribution is 7.07. The molecular formula is C13H16OSi2. The van der Waals surface area contributed by atoms with Crippen molar-refractivity contribution in [2.45, 2.75) is 6.92 Å². The minimum atomic E-state index is -1.61. The lowest BCUT2D eigenvalue weighted by Gasteiger charge is -2.11. The van der Waals surface area contributed by atoms with E-state index in [1.807, 2.05) is 12.1 Å². The smallest absolute Gasteiger partial charge is 0.180 e. The predicted molar refractivity (Wildman–Crippen MR) is 75.6 cm³/mol. The van der Waals surface area contributed by atoms with Gasteiger partial charge in [0.25, 0.3) is 0 Å². The Bertz CT molecular complexity index is 478. The van der Waals surface area contributed by atoms with Gasteiger partial charge in [-0.25, -0.2) is 0 Å². The largest absolute Gasteiger partial charge is 0.434 e. The van der Waals surface area contributed by atoms with Gasteiger partial charge in [-0.3, -0.25) is 0 Å². The average Bonchev–Trinajstić information content (AvgIpc) is 2.30. The molecule has 0 heterocycles. The summed E-state index contributed by atoms with van der Waals surface area (Å²) in [5.74, 6) is 0. The molecule has 0 radical (unpaired) electrons. The van der Waals surface area contributed by atoms with E-state index in [9.17, 15) is 4.80 Å². The second kappa shape index (κ2) is 4.78. The molecular weight excluding hydrogens is 228 g/mol. The first-order chi connectivity index (χ1) is 7.68. The number of rotatable bonds is 2. The molecule has 1 atom stereocenters. The first kappa shape index (κ1) is 11.3. The fraction of sp³-hybridized carbons (Fsp3) is 0.0769. The first-order valence-electron chi connectivity index (χ1n) is 5.52. The fourth-order valence-corrected chi connectivity index (χ4v) is 4.47. The predicted octanol–water partition coefficient (Wildman–Crippen LogP) is 0.447. The fourth-order valence-electron chi connectivity index (χ4n) is 1.86. The molecule has 1 unspecified atom stereocenters. The average molecular weight is 244 g/mol. The van der Waals surface area contributed by atoms with Crippen molar-refractivity contribution < 1.29 is 4.80 Å². The van der Waals surface area contributed by atoms with Crippen LogP contribution in [0.4, 0.5) is 0 Å². The number of benzene rings is 2. The van der Waals surface area contributed by atoms with Crippen molar-refractivity contribution in [3.63, 3.8) is 0 Å². The Morgan fingerprint density at radius 2 is 1.62 bits per heavy atom. The molecule has 0 spiro atoms. The van der Waals surface area contributed by atoms with Crippen LogP contribution in [0.2, 0.25) is 0 Å². The number of hydrogen-bond acceptors (Lipinski definition) is 1. The summed E-state index contributed by atoms with van der Waals surface area (Å²) >= 11 is 0. The highest BCUT2D eigenvalue weighted by Crippen LogP contribution is 2.17. The molecule has 2 rings (SSSR count). The quantitative estimate of drug-likeness (QED) is 0.761. The zero-order valence-electron chi connectivity index (χ0n) is 9.64. The van der Waals surface area contributed by atoms with Gasteiger partial charge in [0, 0.05) is 9.76 Å². The molecule has 3 heteroatoms. The Hall–Kier alpha value is -1.17. The van der Waals surface area contributed by atoms with Crippen LogP contribution in [0.5, 0.6) is 0 Å². The van der Waals surface area contributed by atoms with Crippen molar-refractivity contribution >= 4 is 23.5 Å². The Morgan fingerprint density at radius 3 is 2.25 bits per heavy atom. The SMILES string of the molecule is Cc1ccc(-c2ccccc2[SiH](O)[SiH3])cc1. The molecule has 0 aromatic heterocycles. The van der Waals surface area contributed by atoms with Crippen LogP contribution in [0.1, 0.15) is 5.56 Å². The maximum atomic E-state index is 9.92. The lowest BCUT2D eigenvalue weighted by Crippen LogP contribution is -2.32. The van der Waals surface area contributed by atoms with Gasteiger partial charge in [0.15, 0.2) is 8.56 Å². The second-order valence-electron chi connectivity index (χ2n) is 4.13. The van der Waals surface area contributed by atoms with E-state index >= 15 is 0 Å². The monoisotopic (exact) mass is 244 g/mol. The third-order valence-electron chi connectivity index (χ3n) is 2.77. The number of hydrogen-bond donors (Lipinski definition) is 1. The third kappa shape index (κ3) is 2.32. The van der Waals surface area contributed by atoms with Crippen molar-refractivity contribution in [2.75, 3.05) is 0 Å². The van der Waals surface area contributed by atoms with Crippen LogP contribution >= 0.6 is 0 Å². The zero-order valence-corrected chi connectivity index (χ0v) is 12.8. The van der Waals surface area contributed by atoms with Gasteiger partial charge in [-0.2, -0.15) is 0 Å². The van der Waals surface area contributed by atoms with Crippen LogP contribution < -0.4 is 5.19 Å². The summed E-state index contributed by atoms with van der Waals surface area (Å²) in [4.78, 5) is 9.92.